The van der Waals surface area contributed by atoms with Gasteiger partial charge in [-0.1, -0.05) is 30.3 Å². The molecule has 0 atom stereocenters. The third kappa shape index (κ3) is 3.45. The third-order valence-electron chi connectivity index (χ3n) is 2.42. The van der Waals surface area contributed by atoms with Crippen molar-refractivity contribution >= 4 is 5.82 Å². The fraction of sp³-hybridized carbons (Fsp3) is 0.286. The zero-order chi connectivity index (χ0) is 12.8. The van der Waals surface area contributed by atoms with Crippen LogP contribution in [0.5, 0.6) is 5.88 Å². The molecule has 0 unspecified atom stereocenters. The maximum absolute atomic E-state index is 5.39. The minimum atomic E-state index is 0.606. The first kappa shape index (κ1) is 12.4. The molecule has 0 aliphatic heterocycles. The highest BCUT2D eigenvalue weighted by molar-refractivity contribution is 5.39. The minimum Gasteiger partial charge on any atom is -0.478 e. The molecular formula is C14H17N3O. The molecule has 18 heavy (non-hydrogen) atoms. The SMILES string of the molecule is CCOc1cc(NCc2ccccc2)nc(C)n1. The molecular weight excluding hydrogens is 226 g/mol. The van der Waals surface area contributed by atoms with Crippen LogP contribution in [0.15, 0.2) is 36.4 Å². The first-order valence-corrected chi connectivity index (χ1v) is 6.04. The zero-order valence-corrected chi connectivity index (χ0v) is 10.7. The van der Waals surface area contributed by atoms with Crippen molar-refractivity contribution in [2.75, 3.05) is 11.9 Å². The van der Waals surface area contributed by atoms with E-state index in [2.05, 4.69) is 27.4 Å². The maximum Gasteiger partial charge on any atom is 0.218 e. The van der Waals surface area contributed by atoms with Gasteiger partial charge in [-0.3, -0.25) is 0 Å². The Balaban J connectivity index is 2.05. The number of rotatable bonds is 5. The van der Waals surface area contributed by atoms with Crippen molar-refractivity contribution in [3.8, 4) is 5.88 Å². The van der Waals surface area contributed by atoms with Crippen molar-refractivity contribution in [1.82, 2.24) is 9.97 Å². The maximum atomic E-state index is 5.39. The average molecular weight is 243 g/mol. The Morgan fingerprint density at radius 3 is 2.67 bits per heavy atom. The molecule has 1 N–H and O–H groups in total. The first-order chi connectivity index (χ1) is 8.78. The van der Waals surface area contributed by atoms with Crippen molar-refractivity contribution in [2.24, 2.45) is 0 Å². The van der Waals surface area contributed by atoms with Crippen LogP contribution >= 0.6 is 0 Å². The van der Waals surface area contributed by atoms with Gasteiger partial charge in [-0.05, 0) is 19.4 Å². The zero-order valence-electron chi connectivity index (χ0n) is 10.7. The standard InChI is InChI=1S/C14H17N3O/c1-3-18-14-9-13(16-11(2)17-14)15-10-12-7-5-4-6-8-12/h4-9H,3,10H2,1-2H3,(H,15,16,17). The van der Waals surface area contributed by atoms with Gasteiger partial charge < -0.3 is 10.1 Å². The van der Waals surface area contributed by atoms with Gasteiger partial charge in [0.1, 0.15) is 11.6 Å². The van der Waals surface area contributed by atoms with Gasteiger partial charge in [-0.15, -0.1) is 0 Å². The van der Waals surface area contributed by atoms with E-state index >= 15 is 0 Å². The molecule has 1 heterocycles. The third-order valence-corrected chi connectivity index (χ3v) is 2.42. The van der Waals surface area contributed by atoms with Crippen LogP contribution in [0.25, 0.3) is 0 Å². The van der Waals surface area contributed by atoms with Gasteiger partial charge in [0, 0.05) is 12.6 Å². The molecule has 0 saturated heterocycles. The van der Waals surface area contributed by atoms with Crippen molar-refractivity contribution in [3.63, 3.8) is 0 Å². The normalized spacial score (nSPS) is 10.1. The number of benzene rings is 1. The molecule has 1 aromatic heterocycles. The van der Waals surface area contributed by atoms with E-state index in [4.69, 9.17) is 4.74 Å². The van der Waals surface area contributed by atoms with Crippen LogP contribution in [0, 0.1) is 6.92 Å². The largest absolute Gasteiger partial charge is 0.478 e. The van der Waals surface area contributed by atoms with Crippen LogP contribution in [0.4, 0.5) is 5.82 Å². The lowest BCUT2D eigenvalue weighted by atomic mass is 10.2. The second-order valence-electron chi connectivity index (χ2n) is 3.91. The predicted octanol–water partition coefficient (Wildman–Crippen LogP) is 2.80. The van der Waals surface area contributed by atoms with Gasteiger partial charge in [0.25, 0.3) is 0 Å². The molecule has 0 spiro atoms. The summed E-state index contributed by atoms with van der Waals surface area (Å²) >= 11 is 0. The fourth-order valence-electron chi connectivity index (χ4n) is 1.64. The van der Waals surface area contributed by atoms with E-state index in [0.717, 1.165) is 12.4 Å². The van der Waals surface area contributed by atoms with E-state index in [0.29, 0.717) is 18.3 Å². The lowest BCUT2D eigenvalue weighted by Gasteiger charge is -2.08. The van der Waals surface area contributed by atoms with E-state index in [1.165, 1.54) is 5.56 Å². The molecule has 0 aliphatic carbocycles. The summed E-state index contributed by atoms with van der Waals surface area (Å²) in [4.78, 5) is 8.53. The first-order valence-electron chi connectivity index (χ1n) is 6.04. The Morgan fingerprint density at radius 1 is 1.17 bits per heavy atom. The van der Waals surface area contributed by atoms with Gasteiger partial charge in [0.2, 0.25) is 5.88 Å². The van der Waals surface area contributed by atoms with E-state index in [-0.39, 0.29) is 0 Å². The van der Waals surface area contributed by atoms with E-state index < -0.39 is 0 Å². The number of hydrogen-bond donors (Lipinski definition) is 1. The van der Waals surface area contributed by atoms with Gasteiger partial charge >= 0.3 is 0 Å². The second-order valence-corrected chi connectivity index (χ2v) is 3.91. The number of aromatic nitrogens is 2. The summed E-state index contributed by atoms with van der Waals surface area (Å²) in [6, 6.07) is 12.0. The van der Waals surface area contributed by atoms with Crippen LogP contribution in [0.3, 0.4) is 0 Å². The van der Waals surface area contributed by atoms with Crippen molar-refractivity contribution in [3.05, 3.63) is 47.8 Å². The van der Waals surface area contributed by atoms with Gasteiger partial charge in [-0.25, -0.2) is 4.98 Å². The van der Waals surface area contributed by atoms with Gasteiger partial charge in [0.05, 0.1) is 6.61 Å². The van der Waals surface area contributed by atoms with Crippen LogP contribution in [0.1, 0.15) is 18.3 Å². The van der Waals surface area contributed by atoms with Crippen molar-refractivity contribution in [2.45, 2.75) is 20.4 Å². The summed E-state index contributed by atoms with van der Waals surface area (Å²) in [7, 11) is 0. The Labute approximate surface area is 107 Å². The van der Waals surface area contributed by atoms with Gasteiger partial charge in [0.15, 0.2) is 0 Å². The van der Waals surface area contributed by atoms with Gasteiger partial charge in [-0.2, -0.15) is 4.98 Å². The quantitative estimate of drug-likeness (QED) is 0.877. The van der Waals surface area contributed by atoms with Crippen LogP contribution in [0.2, 0.25) is 0 Å². The number of hydrogen-bond acceptors (Lipinski definition) is 4. The molecule has 0 saturated carbocycles. The molecule has 4 nitrogen and oxygen atoms in total. The molecule has 2 aromatic rings. The molecule has 0 aliphatic rings. The molecule has 0 radical (unpaired) electrons. The fourth-order valence-corrected chi connectivity index (χ4v) is 1.64. The van der Waals surface area contributed by atoms with E-state index in [9.17, 15) is 0 Å². The summed E-state index contributed by atoms with van der Waals surface area (Å²) in [6.45, 7) is 5.14. The summed E-state index contributed by atoms with van der Waals surface area (Å²) in [6.07, 6.45) is 0. The molecule has 0 amide bonds. The van der Waals surface area contributed by atoms with Crippen LogP contribution in [-0.2, 0) is 6.54 Å². The summed E-state index contributed by atoms with van der Waals surface area (Å²) in [5.41, 5.74) is 1.21. The second kappa shape index (κ2) is 6.00. The minimum absolute atomic E-state index is 0.606. The topological polar surface area (TPSA) is 47.0 Å². The highest BCUT2D eigenvalue weighted by Crippen LogP contribution is 2.14. The number of aryl methyl sites for hydroxylation is 1. The Hall–Kier alpha value is -2.10. The molecule has 94 valence electrons. The Kier molecular flexibility index (Phi) is 4.12. The summed E-state index contributed by atoms with van der Waals surface area (Å²) < 4.78 is 5.39. The monoisotopic (exact) mass is 243 g/mol. The number of nitrogens with one attached hydrogen (secondary N) is 1. The molecule has 0 bridgehead atoms. The molecule has 4 heteroatoms. The molecule has 0 fully saturated rings. The lowest BCUT2D eigenvalue weighted by molar-refractivity contribution is 0.325. The smallest absolute Gasteiger partial charge is 0.218 e. The lowest BCUT2D eigenvalue weighted by Crippen LogP contribution is -2.04. The molecule has 2 rings (SSSR count). The summed E-state index contributed by atoms with van der Waals surface area (Å²) in [5, 5.41) is 3.27. The van der Waals surface area contributed by atoms with Crippen molar-refractivity contribution in [1.29, 1.82) is 0 Å². The average Bonchev–Trinajstić information content (AvgIpc) is 2.37. The summed E-state index contributed by atoms with van der Waals surface area (Å²) in [5.74, 6) is 2.10. The van der Waals surface area contributed by atoms with E-state index in [1.54, 1.807) is 0 Å². The number of nitrogens with zero attached hydrogens (tertiary/aromatic N) is 2. The highest BCUT2D eigenvalue weighted by atomic mass is 16.5. The Bertz CT molecular complexity index is 500. The molecule has 1 aromatic carbocycles. The predicted molar refractivity (Wildman–Crippen MR) is 71.7 cm³/mol. The van der Waals surface area contributed by atoms with Crippen LogP contribution in [-0.4, -0.2) is 16.6 Å². The Morgan fingerprint density at radius 2 is 1.94 bits per heavy atom. The number of ether oxygens (including phenoxy) is 1. The van der Waals surface area contributed by atoms with E-state index in [1.807, 2.05) is 38.1 Å². The highest BCUT2D eigenvalue weighted by Gasteiger charge is 2.02. The van der Waals surface area contributed by atoms with Crippen LogP contribution < -0.4 is 10.1 Å². The van der Waals surface area contributed by atoms with Crippen molar-refractivity contribution < 1.29 is 4.74 Å². The number of anilines is 1.